The fourth-order valence-electron chi connectivity index (χ4n) is 2.99. The van der Waals surface area contributed by atoms with Crippen LogP contribution in [0.25, 0.3) is 0 Å². The van der Waals surface area contributed by atoms with Crippen molar-refractivity contribution in [2.24, 2.45) is 7.05 Å². The standard InChI is InChI=1S/C16H20BrClN4OS/c1-11-12(15(18)20(2)19-11)10-21-6-3-7-22(9-8-21)16(23)13-4-5-14(17)24-13/h4-5H,3,6-10H2,1-2H3. The Morgan fingerprint density at radius 1 is 1.33 bits per heavy atom. The largest absolute Gasteiger partial charge is 0.337 e. The van der Waals surface area contributed by atoms with E-state index in [1.807, 2.05) is 31.0 Å². The third-order valence-electron chi connectivity index (χ3n) is 4.31. The van der Waals surface area contributed by atoms with Gasteiger partial charge >= 0.3 is 0 Å². The molecule has 1 fully saturated rings. The molecule has 0 N–H and O–H groups in total. The second-order valence-electron chi connectivity index (χ2n) is 6.00. The van der Waals surface area contributed by atoms with Crippen molar-refractivity contribution in [3.05, 3.63) is 37.2 Å². The molecule has 0 spiro atoms. The van der Waals surface area contributed by atoms with Gasteiger partial charge in [0.1, 0.15) is 5.15 Å². The summed E-state index contributed by atoms with van der Waals surface area (Å²) in [6.07, 6.45) is 0.967. The molecule has 3 rings (SSSR count). The molecule has 0 aliphatic carbocycles. The first-order valence-electron chi connectivity index (χ1n) is 7.90. The maximum absolute atomic E-state index is 12.6. The molecule has 0 atom stereocenters. The summed E-state index contributed by atoms with van der Waals surface area (Å²) in [5.41, 5.74) is 2.06. The maximum Gasteiger partial charge on any atom is 0.264 e. The van der Waals surface area contributed by atoms with Gasteiger partial charge in [0, 0.05) is 45.3 Å². The Labute approximate surface area is 159 Å². The molecule has 0 unspecified atom stereocenters. The van der Waals surface area contributed by atoms with Crippen molar-refractivity contribution in [1.29, 1.82) is 0 Å². The fourth-order valence-corrected chi connectivity index (χ4v) is 4.58. The first-order chi connectivity index (χ1) is 11.5. The molecule has 130 valence electrons. The summed E-state index contributed by atoms with van der Waals surface area (Å²) in [5.74, 6) is 0.128. The summed E-state index contributed by atoms with van der Waals surface area (Å²) < 4.78 is 2.71. The Morgan fingerprint density at radius 2 is 2.12 bits per heavy atom. The minimum absolute atomic E-state index is 0.128. The average Bonchev–Trinajstić information content (AvgIpc) is 2.97. The van der Waals surface area contributed by atoms with E-state index in [1.54, 1.807) is 4.68 Å². The summed E-state index contributed by atoms with van der Waals surface area (Å²) >= 11 is 11.3. The van der Waals surface area contributed by atoms with Gasteiger partial charge < -0.3 is 4.90 Å². The lowest BCUT2D eigenvalue weighted by atomic mass is 10.2. The highest BCUT2D eigenvalue weighted by Crippen LogP contribution is 2.24. The van der Waals surface area contributed by atoms with Crippen LogP contribution in [0.3, 0.4) is 0 Å². The molecule has 1 amide bonds. The lowest BCUT2D eigenvalue weighted by Crippen LogP contribution is -2.34. The van der Waals surface area contributed by atoms with Crippen molar-refractivity contribution >= 4 is 44.8 Å². The normalized spacial score (nSPS) is 16.4. The maximum atomic E-state index is 12.6. The summed E-state index contributed by atoms with van der Waals surface area (Å²) in [4.78, 5) is 17.7. The van der Waals surface area contributed by atoms with Crippen LogP contribution in [-0.2, 0) is 13.6 Å². The summed E-state index contributed by atoms with van der Waals surface area (Å²) in [6.45, 7) is 6.12. The number of carbonyl (C=O) groups is 1. The van der Waals surface area contributed by atoms with Gasteiger partial charge in [0.05, 0.1) is 14.4 Å². The van der Waals surface area contributed by atoms with Crippen molar-refractivity contribution in [3.63, 3.8) is 0 Å². The van der Waals surface area contributed by atoms with Crippen molar-refractivity contribution in [1.82, 2.24) is 19.6 Å². The number of hydrogen-bond donors (Lipinski definition) is 0. The highest BCUT2D eigenvalue weighted by Gasteiger charge is 2.23. The summed E-state index contributed by atoms with van der Waals surface area (Å²) in [7, 11) is 1.86. The topological polar surface area (TPSA) is 41.4 Å². The predicted octanol–water partition coefficient (Wildman–Crippen LogP) is 3.55. The Morgan fingerprint density at radius 3 is 2.75 bits per heavy atom. The molecule has 8 heteroatoms. The Hall–Kier alpha value is -0.890. The van der Waals surface area contributed by atoms with Crippen LogP contribution in [0.2, 0.25) is 5.15 Å². The van der Waals surface area contributed by atoms with E-state index >= 15 is 0 Å². The van der Waals surface area contributed by atoms with E-state index in [2.05, 4.69) is 25.9 Å². The third kappa shape index (κ3) is 3.85. The van der Waals surface area contributed by atoms with Gasteiger partial charge in [-0.2, -0.15) is 5.10 Å². The van der Waals surface area contributed by atoms with Gasteiger partial charge in [-0.15, -0.1) is 11.3 Å². The zero-order valence-corrected chi connectivity index (χ0v) is 16.9. The minimum Gasteiger partial charge on any atom is -0.337 e. The van der Waals surface area contributed by atoms with Crippen LogP contribution in [0.4, 0.5) is 0 Å². The minimum atomic E-state index is 0.128. The Bertz CT molecular complexity index is 745. The number of nitrogens with zero attached hydrogens (tertiary/aromatic N) is 4. The number of carbonyl (C=O) groups excluding carboxylic acids is 1. The molecule has 1 aliphatic heterocycles. The van der Waals surface area contributed by atoms with Crippen LogP contribution in [0.15, 0.2) is 15.9 Å². The molecule has 24 heavy (non-hydrogen) atoms. The van der Waals surface area contributed by atoms with Gasteiger partial charge in [-0.1, -0.05) is 11.6 Å². The van der Waals surface area contributed by atoms with Crippen molar-refractivity contribution in [2.45, 2.75) is 19.9 Å². The number of aromatic nitrogens is 2. The van der Waals surface area contributed by atoms with Crippen molar-refractivity contribution < 1.29 is 4.79 Å². The number of halogens is 2. The molecule has 5 nitrogen and oxygen atoms in total. The quantitative estimate of drug-likeness (QED) is 0.746. The van der Waals surface area contributed by atoms with Gasteiger partial charge in [0.15, 0.2) is 0 Å². The van der Waals surface area contributed by atoms with Crippen molar-refractivity contribution in [3.8, 4) is 0 Å². The number of thiophene rings is 1. The SMILES string of the molecule is Cc1nn(C)c(Cl)c1CN1CCCN(C(=O)c2ccc(Br)s2)CC1. The number of amides is 1. The lowest BCUT2D eigenvalue weighted by molar-refractivity contribution is 0.0766. The van der Waals surface area contributed by atoms with Gasteiger partial charge in [0.2, 0.25) is 0 Å². The molecule has 0 aromatic carbocycles. The van der Waals surface area contributed by atoms with Crippen LogP contribution in [-0.4, -0.2) is 51.7 Å². The van der Waals surface area contributed by atoms with E-state index in [0.29, 0.717) is 5.15 Å². The van der Waals surface area contributed by atoms with E-state index in [4.69, 9.17) is 11.6 Å². The second-order valence-corrected chi connectivity index (χ2v) is 8.83. The summed E-state index contributed by atoms with van der Waals surface area (Å²) in [5, 5.41) is 5.08. The van der Waals surface area contributed by atoms with Gasteiger partial charge in [0.25, 0.3) is 5.91 Å². The van der Waals surface area contributed by atoms with E-state index in [1.165, 1.54) is 11.3 Å². The Kier molecular flexibility index (Phi) is 5.64. The Balaban J connectivity index is 1.64. The lowest BCUT2D eigenvalue weighted by Gasteiger charge is -2.21. The van der Waals surface area contributed by atoms with Gasteiger partial charge in [-0.3, -0.25) is 14.4 Å². The first kappa shape index (κ1) is 17.9. The van der Waals surface area contributed by atoms with Crippen LogP contribution < -0.4 is 0 Å². The fraction of sp³-hybridized carbons (Fsp3) is 0.500. The van der Waals surface area contributed by atoms with E-state index < -0.39 is 0 Å². The highest BCUT2D eigenvalue weighted by molar-refractivity contribution is 9.11. The molecule has 3 heterocycles. The summed E-state index contributed by atoms with van der Waals surface area (Å²) in [6, 6.07) is 3.81. The van der Waals surface area contributed by atoms with Gasteiger partial charge in [-0.05, 0) is 41.4 Å². The number of rotatable bonds is 3. The third-order valence-corrected chi connectivity index (χ3v) is 6.40. The monoisotopic (exact) mass is 430 g/mol. The molecular formula is C16H20BrClN4OS. The predicted molar refractivity (Wildman–Crippen MR) is 101 cm³/mol. The smallest absolute Gasteiger partial charge is 0.264 e. The number of aryl methyl sites for hydroxylation is 2. The van der Waals surface area contributed by atoms with E-state index in [0.717, 1.165) is 59.1 Å². The van der Waals surface area contributed by atoms with E-state index in [-0.39, 0.29) is 5.91 Å². The average molecular weight is 432 g/mol. The van der Waals surface area contributed by atoms with Crippen LogP contribution in [0, 0.1) is 6.92 Å². The molecule has 2 aromatic rings. The first-order valence-corrected chi connectivity index (χ1v) is 9.89. The molecule has 1 saturated heterocycles. The van der Waals surface area contributed by atoms with Gasteiger partial charge in [-0.25, -0.2) is 0 Å². The molecule has 0 radical (unpaired) electrons. The second kappa shape index (κ2) is 7.56. The zero-order chi connectivity index (χ0) is 17.3. The molecular weight excluding hydrogens is 412 g/mol. The van der Waals surface area contributed by atoms with Crippen LogP contribution >= 0.6 is 38.9 Å². The molecule has 2 aromatic heterocycles. The highest BCUT2D eigenvalue weighted by atomic mass is 79.9. The van der Waals surface area contributed by atoms with E-state index in [9.17, 15) is 4.79 Å². The van der Waals surface area contributed by atoms with Crippen LogP contribution in [0.1, 0.15) is 27.3 Å². The number of hydrogen-bond acceptors (Lipinski definition) is 4. The van der Waals surface area contributed by atoms with Crippen LogP contribution in [0.5, 0.6) is 0 Å². The zero-order valence-electron chi connectivity index (χ0n) is 13.8. The molecule has 0 bridgehead atoms. The molecule has 0 saturated carbocycles. The molecule has 1 aliphatic rings. The van der Waals surface area contributed by atoms with Crippen molar-refractivity contribution in [2.75, 3.05) is 26.2 Å².